The highest BCUT2D eigenvalue weighted by Crippen LogP contribution is 2.29. The lowest BCUT2D eigenvalue weighted by Gasteiger charge is -2.19. The molecule has 1 aromatic heterocycles. The third kappa shape index (κ3) is 4.57. The van der Waals surface area contributed by atoms with Crippen molar-refractivity contribution in [2.45, 2.75) is 71.6 Å². The summed E-state index contributed by atoms with van der Waals surface area (Å²) in [5, 5.41) is 4.02. The fraction of sp³-hybridized carbons (Fsp3) is 0.765. The van der Waals surface area contributed by atoms with Crippen molar-refractivity contribution >= 4 is 17.4 Å². The maximum absolute atomic E-state index is 6.25. The third-order valence-electron chi connectivity index (χ3n) is 4.31. The molecule has 21 heavy (non-hydrogen) atoms. The largest absolute Gasteiger partial charge is 0.370 e. The van der Waals surface area contributed by atoms with E-state index in [1.54, 1.807) is 0 Å². The van der Waals surface area contributed by atoms with Gasteiger partial charge in [0.15, 0.2) is 0 Å². The molecule has 2 rings (SSSR count). The summed E-state index contributed by atoms with van der Waals surface area (Å²) in [5.41, 5.74) is 0.864. The summed E-state index contributed by atoms with van der Waals surface area (Å²) in [6, 6.07) is 0. The summed E-state index contributed by atoms with van der Waals surface area (Å²) in [7, 11) is 0. The van der Waals surface area contributed by atoms with E-state index in [-0.39, 0.29) is 5.41 Å². The lowest BCUT2D eigenvalue weighted by molar-refractivity contribution is 0.491. The number of rotatable bonds is 5. The van der Waals surface area contributed by atoms with Gasteiger partial charge in [-0.1, -0.05) is 58.1 Å². The molecule has 0 radical (unpaired) electrons. The normalized spacial score (nSPS) is 16.4. The summed E-state index contributed by atoms with van der Waals surface area (Å²) >= 11 is 6.25. The molecular formula is C17H28ClN3. The van der Waals surface area contributed by atoms with Crippen LogP contribution < -0.4 is 5.32 Å². The quantitative estimate of drug-likeness (QED) is 0.606. The van der Waals surface area contributed by atoms with Gasteiger partial charge in [0.1, 0.15) is 16.8 Å². The molecule has 1 aliphatic carbocycles. The lowest BCUT2D eigenvalue weighted by Crippen LogP contribution is -2.18. The molecule has 0 unspecified atom stereocenters. The summed E-state index contributed by atoms with van der Waals surface area (Å²) in [4.78, 5) is 9.08. The van der Waals surface area contributed by atoms with E-state index in [0.29, 0.717) is 5.15 Å². The minimum Gasteiger partial charge on any atom is -0.370 e. The highest BCUT2D eigenvalue weighted by atomic mass is 35.5. The number of nitrogens with zero attached hydrogens (tertiary/aromatic N) is 2. The molecule has 4 heteroatoms. The molecule has 118 valence electrons. The van der Waals surface area contributed by atoms with Crippen LogP contribution in [-0.2, 0) is 5.41 Å². The van der Waals surface area contributed by atoms with Crippen molar-refractivity contribution in [1.29, 1.82) is 0 Å². The van der Waals surface area contributed by atoms with Crippen LogP contribution in [0.15, 0.2) is 0 Å². The zero-order chi connectivity index (χ0) is 15.5. The molecule has 1 saturated carbocycles. The van der Waals surface area contributed by atoms with E-state index < -0.39 is 0 Å². The van der Waals surface area contributed by atoms with Gasteiger partial charge in [-0.2, -0.15) is 0 Å². The first-order valence-electron chi connectivity index (χ1n) is 8.16. The number of halogens is 1. The fourth-order valence-corrected chi connectivity index (χ4v) is 3.06. The second-order valence-electron chi connectivity index (χ2n) is 7.28. The van der Waals surface area contributed by atoms with Crippen molar-refractivity contribution in [3.8, 4) is 0 Å². The average Bonchev–Trinajstić information content (AvgIpc) is 2.91. The Kier molecular flexibility index (Phi) is 5.48. The predicted molar refractivity (Wildman–Crippen MR) is 90.2 cm³/mol. The van der Waals surface area contributed by atoms with Crippen LogP contribution in [0.3, 0.4) is 0 Å². The Morgan fingerprint density at radius 3 is 2.48 bits per heavy atom. The zero-order valence-electron chi connectivity index (χ0n) is 13.8. The molecule has 0 bridgehead atoms. The molecule has 0 spiro atoms. The molecule has 1 fully saturated rings. The van der Waals surface area contributed by atoms with Crippen LogP contribution in [0.25, 0.3) is 0 Å². The summed E-state index contributed by atoms with van der Waals surface area (Å²) in [5.74, 6) is 2.65. The zero-order valence-corrected chi connectivity index (χ0v) is 14.6. The van der Waals surface area contributed by atoms with Gasteiger partial charge in [-0.3, -0.25) is 0 Å². The average molecular weight is 310 g/mol. The molecule has 0 saturated heterocycles. The molecule has 1 heterocycles. The SMILES string of the molecule is Cc1c(Cl)nc(C(C)(C)C)nc1NCCCC1CCCC1. The van der Waals surface area contributed by atoms with Crippen LogP contribution in [-0.4, -0.2) is 16.5 Å². The molecule has 3 nitrogen and oxygen atoms in total. The monoisotopic (exact) mass is 309 g/mol. The van der Waals surface area contributed by atoms with Crippen LogP contribution in [0, 0.1) is 12.8 Å². The second-order valence-corrected chi connectivity index (χ2v) is 7.64. The fourth-order valence-electron chi connectivity index (χ4n) is 2.89. The predicted octanol–water partition coefficient (Wildman–Crippen LogP) is 5.12. The van der Waals surface area contributed by atoms with Gasteiger partial charge in [0.2, 0.25) is 0 Å². The Bertz CT molecular complexity index is 474. The van der Waals surface area contributed by atoms with Crippen molar-refractivity contribution < 1.29 is 0 Å². The van der Waals surface area contributed by atoms with E-state index >= 15 is 0 Å². The smallest absolute Gasteiger partial charge is 0.137 e. The van der Waals surface area contributed by atoms with E-state index in [0.717, 1.165) is 29.7 Å². The van der Waals surface area contributed by atoms with Crippen LogP contribution in [0.5, 0.6) is 0 Å². The third-order valence-corrected chi connectivity index (χ3v) is 4.68. The van der Waals surface area contributed by atoms with Gasteiger partial charge in [-0.25, -0.2) is 9.97 Å². The maximum atomic E-state index is 6.25. The van der Waals surface area contributed by atoms with Crippen LogP contribution in [0.4, 0.5) is 5.82 Å². The minimum absolute atomic E-state index is 0.0857. The molecule has 0 aromatic carbocycles. The van der Waals surface area contributed by atoms with Crippen molar-refractivity contribution in [3.63, 3.8) is 0 Å². The van der Waals surface area contributed by atoms with E-state index in [2.05, 4.69) is 36.1 Å². The Labute approximate surface area is 133 Å². The second kappa shape index (κ2) is 6.95. The number of aromatic nitrogens is 2. The number of anilines is 1. The molecule has 1 aliphatic rings. The number of hydrogen-bond donors (Lipinski definition) is 1. The van der Waals surface area contributed by atoms with Gasteiger partial charge in [-0.15, -0.1) is 0 Å². The first kappa shape index (κ1) is 16.5. The summed E-state index contributed by atoms with van der Waals surface area (Å²) in [6.45, 7) is 9.27. The van der Waals surface area contributed by atoms with E-state index in [9.17, 15) is 0 Å². The minimum atomic E-state index is -0.0857. The number of nitrogens with one attached hydrogen (secondary N) is 1. The molecule has 0 amide bonds. The van der Waals surface area contributed by atoms with E-state index in [4.69, 9.17) is 11.6 Å². The van der Waals surface area contributed by atoms with Gasteiger partial charge in [0.05, 0.1) is 0 Å². The van der Waals surface area contributed by atoms with Crippen LogP contribution in [0.1, 0.15) is 70.7 Å². The first-order valence-corrected chi connectivity index (χ1v) is 8.54. The Balaban J connectivity index is 1.93. The first-order chi connectivity index (χ1) is 9.88. The standard InChI is InChI=1S/C17H28ClN3/c1-12-14(18)20-16(17(2,3)4)21-15(12)19-11-7-10-13-8-5-6-9-13/h13H,5-11H2,1-4H3,(H,19,20,21). The summed E-state index contributed by atoms with van der Waals surface area (Å²) < 4.78 is 0. The van der Waals surface area contributed by atoms with Crippen molar-refractivity contribution in [1.82, 2.24) is 9.97 Å². The Morgan fingerprint density at radius 2 is 1.86 bits per heavy atom. The molecule has 0 atom stereocenters. The highest BCUT2D eigenvalue weighted by molar-refractivity contribution is 6.30. The van der Waals surface area contributed by atoms with Crippen molar-refractivity contribution in [3.05, 3.63) is 16.5 Å². The van der Waals surface area contributed by atoms with Crippen LogP contribution in [0.2, 0.25) is 5.15 Å². The van der Waals surface area contributed by atoms with Gasteiger partial charge in [0, 0.05) is 17.5 Å². The molecule has 0 aliphatic heterocycles. The van der Waals surface area contributed by atoms with E-state index in [1.807, 2.05) is 6.92 Å². The topological polar surface area (TPSA) is 37.8 Å². The number of hydrogen-bond acceptors (Lipinski definition) is 3. The maximum Gasteiger partial charge on any atom is 0.137 e. The molecular weight excluding hydrogens is 282 g/mol. The highest BCUT2D eigenvalue weighted by Gasteiger charge is 2.20. The van der Waals surface area contributed by atoms with Gasteiger partial charge < -0.3 is 5.32 Å². The lowest BCUT2D eigenvalue weighted by atomic mass is 9.95. The summed E-state index contributed by atoms with van der Waals surface area (Å²) in [6.07, 6.45) is 8.23. The van der Waals surface area contributed by atoms with Crippen molar-refractivity contribution in [2.24, 2.45) is 5.92 Å². The Morgan fingerprint density at radius 1 is 1.19 bits per heavy atom. The van der Waals surface area contributed by atoms with Gasteiger partial charge in [-0.05, 0) is 25.7 Å². The molecule has 1 aromatic rings. The van der Waals surface area contributed by atoms with Crippen LogP contribution >= 0.6 is 11.6 Å². The van der Waals surface area contributed by atoms with Crippen molar-refractivity contribution in [2.75, 3.05) is 11.9 Å². The van der Waals surface area contributed by atoms with Gasteiger partial charge >= 0.3 is 0 Å². The van der Waals surface area contributed by atoms with Gasteiger partial charge in [0.25, 0.3) is 0 Å². The van der Waals surface area contributed by atoms with E-state index in [1.165, 1.54) is 38.5 Å². The molecule has 1 N–H and O–H groups in total. The Hall–Kier alpha value is -0.830.